The lowest BCUT2D eigenvalue weighted by Gasteiger charge is -2.34. The molecule has 1 fully saturated rings. The van der Waals surface area contributed by atoms with E-state index >= 15 is 0 Å². The van der Waals surface area contributed by atoms with Gasteiger partial charge in [0.2, 0.25) is 0 Å². The number of ether oxygens (including phenoxy) is 1. The van der Waals surface area contributed by atoms with Gasteiger partial charge in [-0.25, -0.2) is 0 Å². The zero-order valence-electron chi connectivity index (χ0n) is 14.9. The molecule has 1 aromatic rings. The predicted octanol–water partition coefficient (Wildman–Crippen LogP) is 3.15. The van der Waals surface area contributed by atoms with Crippen molar-refractivity contribution in [1.82, 2.24) is 15.0 Å². The fourth-order valence-electron chi connectivity index (χ4n) is 2.60. The van der Waals surface area contributed by atoms with Crippen molar-refractivity contribution in [1.29, 1.82) is 0 Å². The number of piperazine rings is 1. The SMILES string of the molecule is C\C=C/C=C\C=C\N1CCN(CCCOCc2cc(C)on2)CC1. The number of rotatable bonds is 9. The van der Waals surface area contributed by atoms with Gasteiger partial charge in [0.05, 0.1) is 6.61 Å². The molecule has 24 heavy (non-hydrogen) atoms. The molecule has 0 radical (unpaired) electrons. The number of allylic oxidation sites excluding steroid dienone is 5. The molecule has 0 atom stereocenters. The van der Waals surface area contributed by atoms with Crippen molar-refractivity contribution in [3.63, 3.8) is 0 Å². The molecule has 1 aromatic heterocycles. The maximum absolute atomic E-state index is 5.65. The summed E-state index contributed by atoms with van der Waals surface area (Å²) in [7, 11) is 0. The van der Waals surface area contributed by atoms with Crippen molar-refractivity contribution in [3.8, 4) is 0 Å². The van der Waals surface area contributed by atoms with Crippen LogP contribution in [0.1, 0.15) is 24.8 Å². The summed E-state index contributed by atoms with van der Waals surface area (Å²) in [6.45, 7) is 10.7. The van der Waals surface area contributed by atoms with E-state index in [2.05, 4.69) is 33.3 Å². The Hall–Kier alpha value is -1.85. The number of hydrogen-bond donors (Lipinski definition) is 0. The quantitative estimate of drug-likeness (QED) is 0.514. The van der Waals surface area contributed by atoms with Gasteiger partial charge in [-0.2, -0.15) is 0 Å². The van der Waals surface area contributed by atoms with E-state index in [4.69, 9.17) is 9.26 Å². The van der Waals surface area contributed by atoms with Crippen LogP contribution in [0.25, 0.3) is 0 Å². The van der Waals surface area contributed by atoms with Crippen molar-refractivity contribution >= 4 is 0 Å². The minimum Gasteiger partial charge on any atom is -0.375 e. The van der Waals surface area contributed by atoms with E-state index in [1.165, 1.54) is 0 Å². The molecule has 5 nitrogen and oxygen atoms in total. The Morgan fingerprint density at radius 1 is 1.17 bits per heavy atom. The van der Waals surface area contributed by atoms with Crippen molar-refractivity contribution in [2.24, 2.45) is 0 Å². The molecule has 0 unspecified atom stereocenters. The molecule has 2 heterocycles. The Morgan fingerprint density at radius 3 is 2.67 bits per heavy atom. The highest BCUT2D eigenvalue weighted by Crippen LogP contribution is 2.05. The van der Waals surface area contributed by atoms with E-state index < -0.39 is 0 Å². The summed E-state index contributed by atoms with van der Waals surface area (Å²) in [6.07, 6.45) is 13.5. The molecule has 0 aliphatic carbocycles. The van der Waals surface area contributed by atoms with Crippen LogP contribution in [0, 0.1) is 6.92 Å². The molecule has 132 valence electrons. The molecule has 0 aromatic carbocycles. The molecule has 1 aliphatic rings. The Balaban J connectivity index is 1.51. The lowest BCUT2D eigenvalue weighted by Crippen LogP contribution is -2.44. The third-order valence-corrected chi connectivity index (χ3v) is 3.92. The molecule has 1 saturated heterocycles. The second kappa shape index (κ2) is 10.8. The van der Waals surface area contributed by atoms with Crippen LogP contribution >= 0.6 is 0 Å². The maximum Gasteiger partial charge on any atom is 0.134 e. The largest absolute Gasteiger partial charge is 0.375 e. The average Bonchev–Trinajstić information content (AvgIpc) is 3.01. The zero-order valence-corrected chi connectivity index (χ0v) is 14.9. The van der Waals surface area contributed by atoms with Gasteiger partial charge in [-0.15, -0.1) is 0 Å². The van der Waals surface area contributed by atoms with E-state index in [0.29, 0.717) is 6.61 Å². The number of hydrogen-bond acceptors (Lipinski definition) is 5. The van der Waals surface area contributed by atoms with Crippen molar-refractivity contribution in [3.05, 3.63) is 54.1 Å². The lowest BCUT2D eigenvalue weighted by molar-refractivity contribution is 0.0959. The van der Waals surface area contributed by atoms with Gasteiger partial charge in [-0.1, -0.05) is 29.5 Å². The van der Waals surface area contributed by atoms with E-state index in [1.807, 2.05) is 38.1 Å². The van der Waals surface area contributed by atoms with Gasteiger partial charge in [0, 0.05) is 45.4 Å². The fraction of sp³-hybridized carbons (Fsp3) is 0.526. The molecule has 0 bridgehead atoms. The number of aryl methyl sites for hydroxylation is 1. The van der Waals surface area contributed by atoms with Crippen LogP contribution in [0.3, 0.4) is 0 Å². The van der Waals surface area contributed by atoms with Crippen molar-refractivity contribution in [2.45, 2.75) is 26.9 Å². The van der Waals surface area contributed by atoms with Gasteiger partial charge in [-0.05, 0) is 32.5 Å². The molecule has 0 saturated carbocycles. The van der Waals surface area contributed by atoms with Gasteiger partial charge in [0.1, 0.15) is 11.5 Å². The van der Waals surface area contributed by atoms with Gasteiger partial charge in [-0.3, -0.25) is 4.90 Å². The first-order chi connectivity index (χ1) is 11.8. The highest BCUT2D eigenvalue weighted by atomic mass is 16.5. The van der Waals surface area contributed by atoms with Gasteiger partial charge in [0.15, 0.2) is 0 Å². The van der Waals surface area contributed by atoms with Crippen LogP contribution in [0.4, 0.5) is 0 Å². The smallest absolute Gasteiger partial charge is 0.134 e. The predicted molar refractivity (Wildman–Crippen MR) is 96.6 cm³/mol. The van der Waals surface area contributed by atoms with Crippen LogP contribution < -0.4 is 0 Å². The summed E-state index contributed by atoms with van der Waals surface area (Å²) in [5.41, 5.74) is 0.872. The monoisotopic (exact) mass is 331 g/mol. The summed E-state index contributed by atoms with van der Waals surface area (Å²) in [4.78, 5) is 4.88. The van der Waals surface area contributed by atoms with Gasteiger partial charge >= 0.3 is 0 Å². The van der Waals surface area contributed by atoms with E-state index in [1.54, 1.807) is 0 Å². The van der Waals surface area contributed by atoms with E-state index in [-0.39, 0.29) is 0 Å². The molecule has 1 aliphatic heterocycles. The van der Waals surface area contributed by atoms with Crippen LogP contribution in [-0.2, 0) is 11.3 Å². The molecule has 5 heteroatoms. The fourth-order valence-corrected chi connectivity index (χ4v) is 2.60. The van der Waals surface area contributed by atoms with Crippen molar-refractivity contribution < 1.29 is 9.26 Å². The summed E-state index contributed by atoms with van der Waals surface area (Å²) in [6, 6.07) is 1.92. The van der Waals surface area contributed by atoms with Crippen LogP contribution in [-0.4, -0.2) is 54.3 Å². The standard InChI is InChI=1S/C19H29N3O2/c1-3-4-5-6-7-9-21-11-13-22(14-12-21)10-8-15-23-17-19-16-18(2)24-20-19/h3-7,9,16H,8,10-15,17H2,1-2H3/b4-3-,6-5-,9-7+. The minimum atomic E-state index is 0.538. The topological polar surface area (TPSA) is 41.7 Å². The zero-order chi connectivity index (χ0) is 17.0. The Morgan fingerprint density at radius 2 is 1.96 bits per heavy atom. The molecule has 0 spiro atoms. The first kappa shape index (κ1) is 18.5. The Labute approximate surface area is 145 Å². The number of nitrogens with zero attached hydrogens (tertiary/aromatic N) is 3. The second-order valence-corrected chi connectivity index (χ2v) is 5.96. The third kappa shape index (κ3) is 7.15. The first-order valence-corrected chi connectivity index (χ1v) is 8.70. The van der Waals surface area contributed by atoms with E-state index in [0.717, 1.165) is 57.2 Å². The van der Waals surface area contributed by atoms with Crippen molar-refractivity contribution in [2.75, 3.05) is 39.3 Å². The highest BCUT2D eigenvalue weighted by molar-refractivity contribution is 5.10. The van der Waals surface area contributed by atoms with Gasteiger partial charge in [0.25, 0.3) is 0 Å². The molecular formula is C19H29N3O2. The summed E-state index contributed by atoms with van der Waals surface area (Å²) in [5, 5.41) is 3.92. The van der Waals surface area contributed by atoms with E-state index in [9.17, 15) is 0 Å². The average molecular weight is 331 g/mol. The summed E-state index contributed by atoms with van der Waals surface area (Å²) >= 11 is 0. The molecule has 2 rings (SSSR count). The molecule has 0 N–H and O–H groups in total. The maximum atomic E-state index is 5.65. The Kier molecular flexibility index (Phi) is 8.35. The van der Waals surface area contributed by atoms with Crippen LogP contribution in [0.2, 0.25) is 0 Å². The molecular weight excluding hydrogens is 302 g/mol. The molecule has 0 amide bonds. The minimum absolute atomic E-state index is 0.538. The summed E-state index contributed by atoms with van der Waals surface area (Å²) < 4.78 is 10.7. The number of aromatic nitrogens is 1. The van der Waals surface area contributed by atoms with Crippen LogP contribution in [0.15, 0.2) is 47.2 Å². The van der Waals surface area contributed by atoms with Gasteiger partial charge < -0.3 is 14.2 Å². The third-order valence-electron chi connectivity index (χ3n) is 3.92. The highest BCUT2D eigenvalue weighted by Gasteiger charge is 2.13. The lowest BCUT2D eigenvalue weighted by atomic mass is 10.3. The Bertz CT molecular complexity index is 541. The first-order valence-electron chi connectivity index (χ1n) is 8.70. The van der Waals surface area contributed by atoms with Crippen LogP contribution in [0.5, 0.6) is 0 Å². The normalized spacial score (nSPS) is 17.0. The second-order valence-electron chi connectivity index (χ2n) is 5.96. The summed E-state index contributed by atoms with van der Waals surface area (Å²) in [5.74, 6) is 0.831.